The molecule has 1 amide bonds. The first-order valence-electron chi connectivity index (χ1n) is 8.81. The van der Waals surface area contributed by atoms with Crippen LogP contribution in [0.5, 0.6) is 5.75 Å². The van der Waals surface area contributed by atoms with Gasteiger partial charge in [-0.3, -0.25) is 4.79 Å². The average Bonchev–Trinajstić information content (AvgIpc) is 2.73. The molecule has 1 aliphatic rings. The van der Waals surface area contributed by atoms with Crippen LogP contribution in [0.2, 0.25) is 0 Å². The summed E-state index contributed by atoms with van der Waals surface area (Å²) in [5.41, 5.74) is 0. The molecule has 0 bridgehead atoms. The molecule has 8 nitrogen and oxygen atoms in total. The van der Waals surface area contributed by atoms with E-state index in [1.165, 1.54) is 0 Å². The molecule has 1 atom stereocenters. The van der Waals surface area contributed by atoms with E-state index >= 15 is 0 Å². The van der Waals surface area contributed by atoms with Gasteiger partial charge >= 0.3 is 5.97 Å². The summed E-state index contributed by atoms with van der Waals surface area (Å²) < 4.78 is 10.5. The zero-order valence-electron chi connectivity index (χ0n) is 15.2. The van der Waals surface area contributed by atoms with Gasteiger partial charge in [-0.05, 0) is 25.1 Å². The second-order valence-corrected chi connectivity index (χ2v) is 6.09. The number of nitrogens with zero attached hydrogens (tertiary/aromatic N) is 4. The second kappa shape index (κ2) is 8.98. The summed E-state index contributed by atoms with van der Waals surface area (Å²) in [5.74, 6) is 0.447. The molecule has 1 aliphatic heterocycles. The monoisotopic (exact) mass is 370 g/mol. The fourth-order valence-electron chi connectivity index (χ4n) is 2.78. The maximum absolute atomic E-state index is 12.5. The number of rotatable bonds is 6. The van der Waals surface area contributed by atoms with Gasteiger partial charge in [-0.1, -0.05) is 18.2 Å². The lowest BCUT2D eigenvalue weighted by molar-refractivity contribution is -0.160. The Bertz CT molecular complexity index is 749. The minimum absolute atomic E-state index is 0.211. The van der Waals surface area contributed by atoms with E-state index in [2.05, 4.69) is 9.97 Å². The highest BCUT2D eigenvalue weighted by molar-refractivity contribution is 5.84. The minimum atomic E-state index is -0.851. The van der Waals surface area contributed by atoms with Gasteiger partial charge < -0.3 is 19.3 Å². The van der Waals surface area contributed by atoms with E-state index in [9.17, 15) is 9.59 Å². The minimum Gasteiger partial charge on any atom is -0.482 e. The molecule has 27 heavy (non-hydrogen) atoms. The van der Waals surface area contributed by atoms with Crippen molar-refractivity contribution in [3.8, 4) is 5.75 Å². The van der Waals surface area contributed by atoms with Gasteiger partial charge in [0, 0.05) is 38.6 Å². The van der Waals surface area contributed by atoms with Gasteiger partial charge in [-0.15, -0.1) is 0 Å². The van der Waals surface area contributed by atoms with E-state index in [1.807, 2.05) is 23.1 Å². The van der Waals surface area contributed by atoms with Gasteiger partial charge in [0.1, 0.15) is 5.75 Å². The number of amides is 1. The number of carbonyl (C=O) groups is 2. The van der Waals surface area contributed by atoms with Crippen LogP contribution < -0.4 is 9.64 Å². The Kier molecular flexibility index (Phi) is 6.19. The first-order chi connectivity index (χ1) is 13.1. The summed E-state index contributed by atoms with van der Waals surface area (Å²) in [4.78, 5) is 36.6. The number of hydrogen-bond donors (Lipinski definition) is 0. The van der Waals surface area contributed by atoms with E-state index in [0.29, 0.717) is 37.9 Å². The Balaban J connectivity index is 1.43. The zero-order valence-corrected chi connectivity index (χ0v) is 15.2. The van der Waals surface area contributed by atoms with Crippen LogP contribution in [-0.4, -0.2) is 65.6 Å². The average molecular weight is 370 g/mol. The Labute approximate surface area is 157 Å². The molecular weight excluding hydrogens is 348 g/mol. The molecule has 0 radical (unpaired) electrons. The van der Waals surface area contributed by atoms with Crippen molar-refractivity contribution in [3.05, 3.63) is 48.8 Å². The highest BCUT2D eigenvalue weighted by atomic mass is 16.6. The standard InChI is InChI=1S/C19H22N4O4/c1-15(27-17(24)14-26-16-6-3-2-4-7-16)18(25)22-10-12-23(13-11-22)19-20-8-5-9-21-19/h2-9,15H,10-14H2,1H3. The summed E-state index contributed by atoms with van der Waals surface area (Å²) >= 11 is 0. The van der Waals surface area contributed by atoms with Crippen molar-refractivity contribution >= 4 is 17.8 Å². The van der Waals surface area contributed by atoms with Gasteiger partial charge in [0.15, 0.2) is 12.7 Å². The van der Waals surface area contributed by atoms with Crippen LogP contribution in [-0.2, 0) is 14.3 Å². The first kappa shape index (κ1) is 18.6. The summed E-state index contributed by atoms with van der Waals surface area (Å²) in [7, 11) is 0. The largest absolute Gasteiger partial charge is 0.482 e. The van der Waals surface area contributed by atoms with Crippen LogP contribution in [0, 0.1) is 0 Å². The molecule has 0 spiro atoms. The van der Waals surface area contributed by atoms with Crippen LogP contribution in [0.1, 0.15) is 6.92 Å². The van der Waals surface area contributed by atoms with Gasteiger partial charge in [0.25, 0.3) is 5.91 Å². The molecule has 2 aromatic rings. The Morgan fingerprint density at radius 3 is 2.37 bits per heavy atom. The topological polar surface area (TPSA) is 84.9 Å². The van der Waals surface area contributed by atoms with E-state index in [4.69, 9.17) is 9.47 Å². The van der Waals surface area contributed by atoms with Crippen molar-refractivity contribution in [1.29, 1.82) is 0 Å². The number of esters is 1. The molecule has 2 heterocycles. The summed E-state index contributed by atoms with van der Waals surface area (Å²) in [6, 6.07) is 10.7. The Morgan fingerprint density at radius 1 is 1.04 bits per heavy atom. The SMILES string of the molecule is CC(OC(=O)COc1ccccc1)C(=O)N1CCN(c2ncccn2)CC1. The smallest absolute Gasteiger partial charge is 0.344 e. The lowest BCUT2D eigenvalue weighted by Gasteiger charge is -2.35. The molecule has 142 valence electrons. The number of piperazine rings is 1. The first-order valence-corrected chi connectivity index (χ1v) is 8.81. The molecule has 1 aromatic heterocycles. The molecule has 8 heteroatoms. The Hall–Kier alpha value is -3.16. The molecule has 1 fully saturated rings. The van der Waals surface area contributed by atoms with E-state index in [-0.39, 0.29) is 12.5 Å². The van der Waals surface area contributed by atoms with E-state index < -0.39 is 12.1 Å². The number of hydrogen-bond acceptors (Lipinski definition) is 7. The highest BCUT2D eigenvalue weighted by Crippen LogP contribution is 2.12. The number of carbonyl (C=O) groups excluding carboxylic acids is 2. The summed E-state index contributed by atoms with van der Waals surface area (Å²) in [5, 5.41) is 0. The fraction of sp³-hybridized carbons (Fsp3) is 0.368. The van der Waals surface area contributed by atoms with E-state index in [1.54, 1.807) is 42.4 Å². The van der Waals surface area contributed by atoms with Crippen LogP contribution in [0.4, 0.5) is 5.95 Å². The van der Waals surface area contributed by atoms with Gasteiger partial charge in [-0.25, -0.2) is 14.8 Å². The van der Waals surface area contributed by atoms with Crippen LogP contribution in [0.25, 0.3) is 0 Å². The van der Waals surface area contributed by atoms with Crippen molar-refractivity contribution in [2.45, 2.75) is 13.0 Å². The quantitative estimate of drug-likeness (QED) is 0.705. The molecule has 0 saturated carbocycles. The van der Waals surface area contributed by atoms with Gasteiger partial charge in [-0.2, -0.15) is 0 Å². The third kappa shape index (κ3) is 5.16. The van der Waals surface area contributed by atoms with Gasteiger partial charge in [0.05, 0.1) is 0 Å². The second-order valence-electron chi connectivity index (χ2n) is 6.09. The highest BCUT2D eigenvalue weighted by Gasteiger charge is 2.27. The predicted octanol–water partition coefficient (Wildman–Crippen LogP) is 1.14. The zero-order chi connectivity index (χ0) is 19.1. The maximum atomic E-state index is 12.5. The normalized spacial score (nSPS) is 15.1. The number of aromatic nitrogens is 2. The van der Waals surface area contributed by atoms with Crippen molar-refractivity contribution in [2.24, 2.45) is 0 Å². The van der Waals surface area contributed by atoms with Crippen molar-refractivity contribution in [2.75, 3.05) is 37.7 Å². The molecule has 0 N–H and O–H groups in total. The fourth-order valence-corrected chi connectivity index (χ4v) is 2.78. The van der Waals surface area contributed by atoms with Crippen LogP contribution in [0.3, 0.4) is 0 Å². The van der Waals surface area contributed by atoms with Crippen LogP contribution >= 0.6 is 0 Å². The van der Waals surface area contributed by atoms with E-state index in [0.717, 1.165) is 0 Å². The molecular formula is C19H22N4O4. The Morgan fingerprint density at radius 2 is 1.70 bits per heavy atom. The molecule has 1 aromatic carbocycles. The summed E-state index contributed by atoms with van der Waals surface area (Å²) in [6.45, 7) is 3.66. The van der Waals surface area contributed by atoms with Gasteiger partial charge in [0.2, 0.25) is 5.95 Å². The number of benzene rings is 1. The molecule has 1 unspecified atom stereocenters. The summed E-state index contributed by atoms with van der Waals surface area (Å²) in [6.07, 6.45) is 2.54. The van der Waals surface area contributed by atoms with Crippen molar-refractivity contribution in [1.82, 2.24) is 14.9 Å². The van der Waals surface area contributed by atoms with Crippen molar-refractivity contribution < 1.29 is 19.1 Å². The molecule has 0 aliphatic carbocycles. The van der Waals surface area contributed by atoms with Crippen molar-refractivity contribution in [3.63, 3.8) is 0 Å². The van der Waals surface area contributed by atoms with Crippen LogP contribution in [0.15, 0.2) is 48.8 Å². The molecule has 3 rings (SSSR count). The maximum Gasteiger partial charge on any atom is 0.344 e. The lowest BCUT2D eigenvalue weighted by atomic mass is 10.2. The molecule has 1 saturated heterocycles. The number of ether oxygens (including phenoxy) is 2. The predicted molar refractivity (Wildman–Crippen MR) is 98.3 cm³/mol. The lowest BCUT2D eigenvalue weighted by Crippen LogP contribution is -2.52. The number of anilines is 1. The third-order valence-electron chi connectivity index (χ3n) is 4.18. The number of para-hydroxylation sites is 1. The third-order valence-corrected chi connectivity index (χ3v) is 4.18.